The van der Waals surface area contributed by atoms with Crippen molar-refractivity contribution in [2.45, 2.75) is 17.7 Å². The van der Waals surface area contributed by atoms with Crippen molar-refractivity contribution in [2.75, 3.05) is 26.2 Å². The Labute approximate surface area is 138 Å². The van der Waals surface area contributed by atoms with E-state index in [0.29, 0.717) is 13.1 Å². The average Bonchev–Trinajstić information content (AvgIpc) is 3.00. The van der Waals surface area contributed by atoms with Gasteiger partial charge in [0.15, 0.2) is 0 Å². The quantitative estimate of drug-likeness (QED) is 0.831. The van der Waals surface area contributed by atoms with E-state index in [1.54, 1.807) is 0 Å². The van der Waals surface area contributed by atoms with E-state index in [1.165, 1.54) is 22.5 Å². The minimum Gasteiger partial charge on any atom is -0.316 e. The lowest BCUT2D eigenvalue weighted by molar-refractivity contribution is 0.338. The maximum Gasteiger partial charge on any atom is 0.244 e. The second-order valence-corrected chi connectivity index (χ2v) is 8.35. The second kappa shape index (κ2) is 6.12. The molecule has 2 heterocycles. The lowest BCUT2D eigenvalue weighted by Crippen LogP contribution is -2.33. The SMILES string of the molecule is Cl.O=S(=O)(c1ccc(F)cc1Br)N1CCC2(CCNC2)C1. The molecule has 2 aliphatic heterocycles. The molecule has 1 spiro atoms. The summed E-state index contributed by atoms with van der Waals surface area (Å²) in [5, 5.41) is 3.31. The third kappa shape index (κ3) is 3.12. The van der Waals surface area contributed by atoms with E-state index in [4.69, 9.17) is 0 Å². The fourth-order valence-corrected chi connectivity index (χ4v) is 5.63. The normalized spacial score (nSPS) is 26.2. The molecule has 0 amide bonds. The van der Waals surface area contributed by atoms with E-state index in [-0.39, 0.29) is 27.2 Å². The van der Waals surface area contributed by atoms with Crippen LogP contribution in [0.3, 0.4) is 0 Å². The summed E-state index contributed by atoms with van der Waals surface area (Å²) >= 11 is 3.15. The lowest BCUT2D eigenvalue weighted by Gasteiger charge is -2.23. The molecule has 0 radical (unpaired) electrons. The summed E-state index contributed by atoms with van der Waals surface area (Å²) < 4.78 is 40.2. The molecule has 0 aliphatic carbocycles. The highest BCUT2D eigenvalue weighted by Crippen LogP contribution is 2.39. The number of nitrogens with one attached hydrogen (secondary N) is 1. The van der Waals surface area contributed by atoms with Crippen molar-refractivity contribution in [3.05, 3.63) is 28.5 Å². The van der Waals surface area contributed by atoms with Gasteiger partial charge >= 0.3 is 0 Å². The Bertz CT molecular complexity index is 635. The zero-order valence-corrected chi connectivity index (χ0v) is 14.5. The zero-order valence-electron chi connectivity index (χ0n) is 11.3. The molecular weight excluding hydrogens is 383 g/mol. The molecule has 0 saturated carbocycles. The maximum absolute atomic E-state index is 13.1. The average molecular weight is 400 g/mol. The molecule has 1 aromatic carbocycles. The topological polar surface area (TPSA) is 49.4 Å². The molecule has 21 heavy (non-hydrogen) atoms. The fourth-order valence-electron chi connectivity index (χ4n) is 3.07. The molecule has 1 aromatic rings. The molecule has 2 fully saturated rings. The molecule has 0 bridgehead atoms. The standard InChI is InChI=1S/C13H16BrFN2O2S.ClH/c14-11-7-10(15)1-2-12(11)20(18,19)17-6-4-13(9-17)3-5-16-8-13;/h1-2,7,16H,3-6,8-9H2;1H. The minimum absolute atomic E-state index is 0. The van der Waals surface area contributed by atoms with Crippen molar-refractivity contribution in [3.8, 4) is 0 Å². The number of nitrogens with zero attached hydrogens (tertiary/aromatic N) is 1. The Balaban J connectivity index is 0.00000161. The molecule has 2 saturated heterocycles. The van der Waals surface area contributed by atoms with Crippen molar-refractivity contribution in [2.24, 2.45) is 5.41 Å². The first-order valence-corrected chi connectivity index (χ1v) is 8.82. The monoisotopic (exact) mass is 398 g/mol. The van der Waals surface area contributed by atoms with E-state index in [1.807, 2.05) is 0 Å². The van der Waals surface area contributed by atoms with Gasteiger partial charge in [-0.25, -0.2) is 12.8 Å². The summed E-state index contributed by atoms with van der Waals surface area (Å²) in [6, 6.07) is 3.70. The van der Waals surface area contributed by atoms with Crippen LogP contribution in [0.4, 0.5) is 4.39 Å². The van der Waals surface area contributed by atoms with Crippen molar-refractivity contribution in [3.63, 3.8) is 0 Å². The summed E-state index contributed by atoms with van der Waals surface area (Å²) in [6.45, 7) is 2.91. The summed E-state index contributed by atoms with van der Waals surface area (Å²) in [4.78, 5) is 0.141. The Morgan fingerprint density at radius 1 is 1.33 bits per heavy atom. The van der Waals surface area contributed by atoms with Crippen molar-refractivity contribution < 1.29 is 12.8 Å². The van der Waals surface area contributed by atoms with Crippen molar-refractivity contribution in [1.29, 1.82) is 0 Å². The van der Waals surface area contributed by atoms with E-state index in [0.717, 1.165) is 25.9 Å². The van der Waals surface area contributed by atoms with Crippen LogP contribution in [0.15, 0.2) is 27.6 Å². The van der Waals surface area contributed by atoms with Crippen LogP contribution >= 0.6 is 28.3 Å². The molecule has 1 atom stereocenters. The largest absolute Gasteiger partial charge is 0.316 e. The third-order valence-electron chi connectivity index (χ3n) is 4.25. The van der Waals surface area contributed by atoms with Crippen LogP contribution < -0.4 is 5.32 Å². The molecular formula is C13H17BrClFN2O2S. The van der Waals surface area contributed by atoms with E-state index in [2.05, 4.69) is 21.2 Å². The molecule has 0 aromatic heterocycles. The van der Waals surface area contributed by atoms with Gasteiger partial charge in [-0.15, -0.1) is 12.4 Å². The van der Waals surface area contributed by atoms with Crippen LogP contribution in [0.1, 0.15) is 12.8 Å². The van der Waals surface area contributed by atoms with Crippen LogP contribution in [-0.4, -0.2) is 38.9 Å². The number of benzene rings is 1. The van der Waals surface area contributed by atoms with Gasteiger partial charge in [-0.3, -0.25) is 0 Å². The Kier molecular flexibility index (Phi) is 5.00. The number of sulfonamides is 1. The van der Waals surface area contributed by atoms with Crippen LogP contribution in [0.2, 0.25) is 0 Å². The molecule has 1 N–H and O–H groups in total. The first-order valence-electron chi connectivity index (χ1n) is 6.59. The second-order valence-electron chi connectivity index (χ2n) is 5.59. The van der Waals surface area contributed by atoms with Gasteiger partial charge in [-0.2, -0.15) is 4.31 Å². The van der Waals surface area contributed by atoms with Gasteiger partial charge in [0.25, 0.3) is 0 Å². The fraction of sp³-hybridized carbons (Fsp3) is 0.538. The summed E-state index contributed by atoms with van der Waals surface area (Å²) in [5.41, 5.74) is 0.0829. The minimum atomic E-state index is -3.56. The van der Waals surface area contributed by atoms with Gasteiger partial charge in [0.05, 0.1) is 4.90 Å². The number of hydrogen-bond acceptors (Lipinski definition) is 3. The van der Waals surface area contributed by atoms with E-state index in [9.17, 15) is 12.8 Å². The first-order chi connectivity index (χ1) is 9.43. The summed E-state index contributed by atoms with van der Waals surface area (Å²) in [6.07, 6.45) is 1.90. The van der Waals surface area contributed by atoms with Crippen molar-refractivity contribution >= 4 is 38.4 Å². The van der Waals surface area contributed by atoms with E-state index >= 15 is 0 Å². The number of halogens is 3. The molecule has 8 heteroatoms. The molecule has 2 aliphatic rings. The van der Waals surface area contributed by atoms with Gasteiger partial charge < -0.3 is 5.32 Å². The summed E-state index contributed by atoms with van der Waals surface area (Å²) in [7, 11) is -3.56. The Morgan fingerprint density at radius 2 is 2.10 bits per heavy atom. The van der Waals surface area contributed by atoms with E-state index < -0.39 is 15.8 Å². The molecule has 4 nitrogen and oxygen atoms in total. The number of rotatable bonds is 2. The van der Waals surface area contributed by atoms with Crippen LogP contribution in [0.25, 0.3) is 0 Å². The van der Waals surface area contributed by atoms with Crippen molar-refractivity contribution in [1.82, 2.24) is 9.62 Å². The maximum atomic E-state index is 13.1. The Hall–Kier alpha value is -0.210. The number of hydrogen-bond donors (Lipinski definition) is 1. The summed E-state index contributed by atoms with van der Waals surface area (Å²) in [5.74, 6) is -0.450. The zero-order chi connectivity index (χ0) is 14.4. The van der Waals surface area contributed by atoms with Gasteiger partial charge in [-0.1, -0.05) is 0 Å². The van der Waals surface area contributed by atoms with Crippen LogP contribution in [0, 0.1) is 11.2 Å². The molecule has 3 rings (SSSR count). The predicted octanol–water partition coefficient (Wildman–Crippen LogP) is 2.38. The van der Waals surface area contributed by atoms with Gasteiger partial charge in [-0.05, 0) is 58.9 Å². The predicted molar refractivity (Wildman–Crippen MR) is 84.6 cm³/mol. The molecule has 118 valence electrons. The highest BCUT2D eigenvalue weighted by Gasteiger charge is 2.44. The lowest BCUT2D eigenvalue weighted by atomic mass is 9.87. The third-order valence-corrected chi connectivity index (χ3v) is 7.07. The van der Waals surface area contributed by atoms with Crippen LogP contribution in [0.5, 0.6) is 0 Å². The van der Waals surface area contributed by atoms with Gasteiger partial charge in [0, 0.05) is 24.1 Å². The van der Waals surface area contributed by atoms with Gasteiger partial charge in [0.1, 0.15) is 5.82 Å². The molecule has 1 unspecified atom stereocenters. The Morgan fingerprint density at radius 3 is 2.71 bits per heavy atom. The first kappa shape index (κ1) is 17.1. The highest BCUT2D eigenvalue weighted by atomic mass is 79.9. The van der Waals surface area contributed by atoms with Crippen LogP contribution in [-0.2, 0) is 10.0 Å². The smallest absolute Gasteiger partial charge is 0.244 e. The highest BCUT2D eigenvalue weighted by molar-refractivity contribution is 9.10. The van der Waals surface area contributed by atoms with Gasteiger partial charge in [0.2, 0.25) is 10.0 Å².